The quantitative estimate of drug-likeness (QED) is 0.450. The number of hydrogen-bond donors (Lipinski definition) is 1. The summed E-state index contributed by atoms with van der Waals surface area (Å²) in [6.07, 6.45) is 1.70. The molecule has 0 saturated heterocycles. The lowest BCUT2D eigenvalue weighted by Gasteiger charge is -2.20. The van der Waals surface area contributed by atoms with Crippen molar-refractivity contribution in [2.24, 2.45) is 10.1 Å². The molecule has 1 N–H and O–H groups in total. The van der Waals surface area contributed by atoms with Crippen molar-refractivity contribution in [2.45, 2.75) is 13.8 Å². The predicted molar refractivity (Wildman–Crippen MR) is 136 cm³/mol. The topological polar surface area (TPSA) is 73.8 Å². The van der Waals surface area contributed by atoms with Gasteiger partial charge in [0.15, 0.2) is 5.84 Å². The minimum Gasteiger partial charge on any atom is -0.318 e. The molecule has 0 unspecified atom stereocenters. The largest absolute Gasteiger partial charge is 0.318 e. The number of rotatable bonds is 3. The number of carbonyl (C=O) groups is 1. The second-order valence-corrected chi connectivity index (χ2v) is 9.35. The van der Waals surface area contributed by atoms with Crippen LogP contribution in [0.4, 0.5) is 0 Å². The van der Waals surface area contributed by atoms with E-state index in [0.29, 0.717) is 20.3 Å². The average Bonchev–Trinajstić information content (AvgIpc) is 3.32. The molecule has 2 aromatic carbocycles. The number of hydrogen-bond acceptors (Lipinski definition) is 4. The highest BCUT2D eigenvalue weighted by Gasteiger charge is 2.36. The molecule has 0 bridgehead atoms. The molecule has 33 heavy (non-hydrogen) atoms. The molecule has 1 amide bonds. The molecular formula is C24H17Cl2N5OS. The van der Waals surface area contributed by atoms with Crippen molar-refractivity contribution in [2.75, 3.05) is 0 Å². The first kappa shape index (κ1) is 21.7. The number of amides is 1. The zero-order valence-corrected chi connectivity index (χ0v) is 20.0. The molecule has 0 fully saturated rings. The third kappa shape index (κ3) is 3.82. The lowest BCUT2D eigenvalue weighted by atomic mass is 10.1. The Hall–Kier alpha value is -3.13. The summed E-state index contributed by atoms with van der Waals surface area (Å²) >= 11 is 13.7. The second kappa shape index (κ2) is 8.33. The van der Waals surface area contributed by atoms with Crippen LogP contribution in [-0.2, 0) is 4.79 Å². The van der Waals surface area contributed by atoms with Gasteiger partial charge in [-0.2, -0.15) is 15.1 Å². The Morgan fingerprint density at radius 1 is 1.06 bits per heavy atom. The van der Waals surface area contributed by atoms with E-state index in [2.05, 4.69) is 14.7 Å². The summed E-state index contributed by atoms with van der Waals surface area (Å²) in [6.45, 7) is 3.95. The van der Waals surface area contributed by atoms with Crippen LogP contribution >= 0.6 is 35.0 Å². The number of benzene rings is 2. The van der Waals surface area contributed by atoms with Gasteiger partial charge >= 0.3 is 0 Å². The summed E-state index contributed by atoms with van der Waals surface area (Å²) in [7, 11) is 0. The number of aryl methyl sites for hydroxylation is 1. The lowest BCUT2D eigenvalue weighted by molar-refractivity contribution is -0.114. The summed E-state index contributed by atoms with van der Waals surface area (Å²) in [4.78, 5) is 17.0. The van der Waals surface area contributed by atoms with E-state index in [4.69, 9.17) is 28.6 Å². The van der Waals surface area contributed by atoms with E-state index in [1.807, 2.05) is 62.4 Å². The van der Waals surface area contributed by atoms with Gasteiger partial charge in [0.05, 0.1) is 10.6 Å². The van der Waals surface area contributed by atoms with Gasteiger partial charge in [-0.3, -0.25) is 10.2 Å². The van der Waals surface area contributed by atoms with Crippen molar-refractivity contribution in [3.8, 4) is 5.69 Å². The molecule has 9 heteroatoms. The number of carbonyl (C=O) groups excluding carboxylic acids is 1. The Kier molecular flexibility index (Phi) is 5.48. The molecule has 2 aliphatic rings. The number of amidine groups is 2. The van der Waals surface area contributed by atoms with Crippen molar-refractivity contribution in [3.63, 3.8) is 0 Å². The zero-order chi connectivity index (χ0) is 23.3. The Bertz CT molecular complexity index is 1440. The molecule has 0 spiro atoms. The number of hydrazone groups is 1. The van der Waals surface area contributed by atoms with Crippen LogP contribution in [0.25, 0.3) is 11.8 Å². The molecule has 0 aliphatic carbocycles. The molecule has 3 heterocycles. The molecule has 1 aromatic heterocycles. The summed E-state index contributed by atoms with van der Waals surface area (Å²) in [5.74, 6) is -0.492. The van der Waals surface area contributed by atoms with Gasteiger partial charge in [0, 0.05) is 27.7 Å². The molecule has 0 atom stereocenters. The van der Waals surface area contributed by atoms with Gasteiger partial charge < -0.3 is 4.57 Å². The predicted octanol–water partition coefficient (Wildman–Crippen LogP) is 6.07. The molecule has 3 aromatic rings. The zero-order valence-electron chi connectivity index (χ0n) is 17.6. The first-order valence-corrected chi connectivity index (χ1v) is 11.6. The molecule has 2 aliphatic heterocycles. The van der Waals surface area contributed by atoms with Crippen molar-refractivity contribution >= 4 is 63.0 Å². The van der Waals surface area contributed by atoms with Gasteiger partial charge in [-0.1, -0.05) is 47.5 Å². The number of nitrogens with one attached hydrogen (secondary N) is 1. The summed E-state index contributed by atoms with van der Waals surface area (Å²) < 4.78 is 2.06. The van der Waals surface area contributed by atoms with Gasteiger partial charge in [-0.15, -0.1) is 0 Å². The van der Waals surface area contributed by atoms with Crippen LogP contribution in [0.3, 0.4) is 0 Å². The molecule has 6 nitrogen and oxygen atoms in total. The van der Waals surface area contributed by atoms with Crippen LogP contribution < -0.4 is 0 Å². The number of halogens is 2. The minimum atomic E-state index is -0.470. The van der Waals surface area contributed by atoms with E-state index in [1.165, 1.54) is 16.8 Å². The van der Waals surface area contributed by atoms with Gasteiger partial charge in [-0.25, -0.2) is 0 Å². The van der Waals surface area contributed by atoms with Gasteiger partial charge in [0.2, 0.25) is 5.17 Å². The lowest BCUT2D eigenvalue weighted by Crippen LogP contribution is -2.35. The van der Waals surface area contributed by atoms with Crippen LogP contribution in [0, 0.1) is 19.3 Å². The summed E-state index contributed by atoms with van der Waals surface area (Å²) in [5, 5.41) is 16.7. The standard InChI is InChI=1S/C24H17Cl2N5OS/c1-13-10-15(14(2)30(13)17-7-5-6-16(25)12-17)11-19-21(27)31-24(28-22(19)32)33-23(29-31)18-8-3-4-9-20(18)26/h3-12,27H,1-2H3. The molecular weight excluding hydrogens is 477 g/mol. The smallest absolute Gasteiger partial charge is 0.283 e. The second-order valence-electron chi connectivity index (χ2n) is 7.55. The third-order valence-corrected chi connectivity index (χ3v) is 6.90. The third-order valence-electron chi connectivity index (χ3n) is 5.40. The average molecular weight is 494 g/mol. The van der Waals surface area contributed by atoms with Crippen molar-refractivity contribution in [3.05, 3.63) is 92.7 Å². The SMILES string of the molecule is Cc1cc(C=C2C(=N)N3N=C(c4ccccc4Cl)SC3=NC2=O)c(C)n1-c1cccc(Cl)c1. The van der Waals surface area contributed by atoms with Crippen LogP contribution in [0.2, 0.25) is 10.0 Å². The normalized spacial score (nSPS) is 16.8. The van der Waals surface area contributed by atoms with Crippen LogP contribution in [0.5, 0.6) is 0 Å². The van der Waals surface area contributed by atoms with E-state index in [-0.39, 0.29) is 11.4 Å². The van der Waals surface area contributed by atoms with E-state index < -0.39 is 5.91 Å². The van der Waals surface area contributed by atoms with Crippen LogP contribution in [-0.4, -0.2) is 31.5 Å². The maximum absolute atomic E-state index is 12.8. The number of nitrogens with zero attached hydrogens (tertiary/aromatic N) is 4. The van der Waals surface area contributed by atoms with Gasteiger partial charge in [0.25, 0.3) is 5.91 Å². The van der Waals surface area contributed by atoms with Crippen molar-refractivity contribution in [1.29, 1.82) is 5.41 Å². The number of thioether (sulfide) groups is 1. The van der Waals surface area contributed by atoms with Crippen molar-refractivity contribution < 1.29 is 4.79 Å². The molecule has 5 rings (SSSR count). The molecule has 0 radical (unpaired) electrons. The maximum Gasteiger partial charge on any atom is 0.283 e. The Morgan fingerprint density at radius 3 is 2.61 bits per heavy atom. The minimum absolute atomic E-state index is 0.0212. The fourth-order valence-corrected chi connectivity index (χ4v) is 5.23. The Labute approximate surface area is 204 Å². The summed E-state index contributed by atoms with van der Waals surface area (Å²) in [5.41, 5.74) is 4.57. The van der Waals surface area contributed by atoms with E-state index in [9.17, 15) is 4.79 Å². The van der Waals surface area contributed by atoms with E-state index >= 15 is 0 Å². The van der Waals surface area contributed by atoms with E-state index in [0.717, 1.165) is 28.2 Å². The molecule has 164 valence electrons. The highest BCUT2D eigenvalue weighted by Crippen LogP contribution is 2.33. The fraction of sp³-hybridized carbons (Fsp3) is 0.0833. The Morgan fingerprint density at radius 2 is 1.85 bits per heavy atom. The first-order valence-electron chi connectivity index (χ1n) is 10.0. The van der Waals surface area contributed by atoms with Crippen LogP contribution in [0.1, 0.15) is 22.5 Å². The Balaban J connectivity index is 1.53. The number of aromatic nitrogens is 1. The fourth-order valence-electron chi connectivity index (χ4n) is 3.84. The summed E-state index contributed by atoms with van der Waals surface area (Å²) in [6, 6.07) is 16.9. The highest BCUT2D eigenvalue weighted by molar-refractivity contribution is 8.27. The monoisotopic (exact) mass is 493 g/mol. The van der Waals surface area contributed by atoms with Crippen LogP contribution in [0.15, 0.2) is 70.3 Å². The highest BCUT2D eigenvalue weighted by atomic mass is 35.5. The number of aliphatic imine (C=N–C) groups is 1. The first-order chi connectivity index (χ1) is 15.8. The van der Waals surface area contributed by atoms with Gasteiger partial charge in [0.1, 0.15) is 5.04 Å². The maximum atomic E-state index is 12.8. The molecule has 0 saturated carbocycles. The van der Waals surface area contributed by atoms with Gasteiger partial charge in [-0.05, 0) is 67.6 Å². The number of fused-ring (bicyclic) bond motifs is 1. The van der Waals surface area contributed by atoms with E-state index in [1.54, 1.807) is 12.1 Å². The van der Waals surface area contributed by atoms with Crippen molar-refractivity contribution in [1.82, 2.24) is 9.58 Å².